The first-order valence-corrected chi connectivity index (χ1v) is 8.89. The van der Waals surface area contributed by atoms with Crippen molar-refractivity contribution >= 4 is 47.2 Å². The molecule has 0 radical (unpaired) electrons. The highest BCUT2D eigenvalue weighted by atomic mass is 35.5. The van der Waals surface area contributed by atoms with Crippen molar-refractivity contribution in [1.82, 2.24) is 23.7 Å². The first-order chi connectivity index (χ1) is 10.9. The Morgan fingerprint density at radius 3 is 2.46 bits per heavy atom. The van der Waals surface area contributed by atoms with Crippen LogP contribution in [-0.4, -0.2) is 52.8 Å². The number of hydrogen-bond donors (Lipinski definition) is 0. The number of hydrogen-bond acceptors (Lipinski definition) is 5. The second kappa shape index (κ2) is 9.87. The molecule has 0 aliphatic carbocycles. The monoisotopic (exact) mass is 443 g/mol. The fourth-order valence-corrected chi connectivity index (χ4v) is 4.26. The Balaban J connectivity index is 0.00000208. The number of nitrogens with zero attached hydrogens (tertiary/aromatic N) is 5. The molecular weight excluding hydrogens is 421 g/mol. The van der Waals surface area contributed by atoms with Gasteiger partial charge in [0.15, 0.2) is 5.03 Å². The molecule has 1 aliphatic rings. The molecule has 0 N–H and O–H groups in total. The summed E-state index contributed by atoms with van der Waals surface area (Å²) in [5.74, 6) is 0. The summed E-state index contributed by atoms with van der Waals surface area (Å²) in [6.45, 7) is 1.63. The summed E-state index contributed by atoms with van der Waals surface area (Å²) in [5.41, 5.74) is 3.37. The first-order valence-electron chi connectivity index (χ1n) is 7.45. The molecule has 2 aromatic heterocycles. The van der Waals surface area contributed by atoms with Crippen LogP contribution < -0.4 is 0 Å². The quantitative estimate of drug-likeness (QED) is 0.720. The van der Waals surface area contributed by atoms with Crippen LogP contribution in [0.3, 0.4) is 0 Å². The number of aromatic nitrogens is 3. The second-order valence-electron chi connectivity index (χ2n) is 6.14. The number of pyridine rings is 1. The van der Waals surface area contributed by atoms with Crippen LogP contribution in [0.1, 0.15) is 16.7 Å². The van der Waals surface area contributed by atoms with Gasteiger partial charge in [-0.25, -0.2) is 13.4 Å². The Bertz CT molecular complexity index is 826. The van der Waals surface area contributed by atoms with Crippen LogP contribution in [0, 0.1) is 0 Å². The van der Waals surface area contributed by atoms with Gasteiger partial charge in [0.05, 0.1) is 6.33 Å². The minimum Gasteiger partial charge on any atom is -0.339 e. The van der Waals surface area contributed by atoms with Crippen LogP contribution in [0.15, 0.2) is 29.9 Å². The summed E-state index contributed by atoms with van der Waals surface area (Å²) in [5, 5.41) is 0.0980. The van der Waals surface area contributed by atoms with E-state index in [4.69, 9.17) is 0 Å². The number of sulfonamides is 1. The lowest BCUT2D eigenvalue weighted by Crippen LogP contribution is -2.36. The first kappa shape index (κ1) is 25.1. The molecule has 0 spiro atoms. The average Bonchev–Trinajstić information content (AvgIpc) is 2.94. The van der Waals surface area contributed by atoms with Crippen molar-refractivity contribution in [2.24, 2.45) is 7.05 Å². The van der Waals surface area contributed by atoms with Gasteiger partial charge in [-0.1, -0.05) is 0 Å². The van der Waals surface area contributed by atoms with E-state index in [1.807, 2.05) is 20.3 Å². The highest BCUT2D eigenvalue weighted by molar-refractivity contribution is 7.89. The summed E-state index contributed by atoms with van der Waals surface area (Å²) in [7, 11) is 2.23. The molecule has 2 aromatic rings. The Hall–Kier alpha value is -0.900. The van der Waals surface area contributed by atoms with Crippen LogP contribution in [0.5, 0.6) is 0 Å². The fraction of sp³-hybridized carbons (Fsp3) is 0.467. The molecule has 3 heterocycles. The molecule has 148 valence electrons. The summed E-state index contributed by atoms with van der Waals surface area (Å²) in [6.07, 6.45) is 7.39. The lowest BCUT2D eigenvalue weighted by atomic mass is 9.98. The van der Waals surface area contributed by atoms with Gasteiger partial charge >= 0.3 is 0 Å². The molecule has 11 heteroatoms. The van der Waals surface area contributed by atoms with Gasteiger partial charge < -0.3 is 9.47 Å². The number of aryl methyl sites for hydroxylation is 1. The molecule has 0 saturated heterocycles. The molecule has 3 rings (SSSR count). The van der Waals surface area contributed by atoms with E-state index >= 15 is 0 Å². The van der Waals surface area contributed by atoms with Gasteiger partial charge in [-0.3, -0.25) is 4.98 Å². The average molecular weight is 445 g/mol. The zero-order valence-corrected chi connectivity index (χ0v) is 18.1. The predicted molar refractivity (Wildman–Crippen MR) is 108 cm³/mol. The predicted octanol–water partition coefficient (Wildman–Crippen LogP) is 1.89. The highest BCUT2D eigenvalue weighted by Gasteiger charge is 2.30. The molecule has 7 nitrogen and oxygen atoms in total. The largest absolute Gasteiger partial charge is 0.339 e. The van der Waals surface area contributed by atoms with E-state index in [0.717, 1.165) is 12.1 Å². The number of rotatable bonds is 4. The van der Waals surface area contributed by atoms with Crippen molar-refractivity contribution in [2.45, 2.75) is 24.5 Å². The van der Waals surface area contributed by atoms with Crippen LogP contribution in [0.25, 0.3) is 0 Å². The molecule has 0 fully saturated rings. The van der Waals surface area contributed by atoms with E-state index < -0.39 is 10.0 Å². The van der Waals surface area contributed by atoms with Gasteiger partial charge in [0, 0.05) is 45.3 Å². The van der Waals surface area contributed by atoms with E-state index in [9.17, 15) is 8.42 Å². The van der Waals surface area contributed by atoms with Gasteiger partial charge in [-0.05, 0) is 37.2 Å². The maximum absolute atomic E-state index is 12.7. The normalized spacial score (nSPS) is 14.0. The topological polar surface area (TPSA) is 71.3 Å². The van der Waals surface area contributed by atoms with Crippen molar-refractivity contribution in [3.05, 3.63) is 41.6 Å². The van der Waals surface area contributed by atoms with Gasteiger partial charge in [0.2, 0.25) is 0 Å². The van der Waals surface area contributed by atoms with Crippen molar-refractivity contribution in [1.29, 1.82) is 0 Å². The highest BCUT2D eigenvalue weighted by Crippen LogP contribution is 2.26. The third kappa shape index (κ3) is 5.09. The molecule has 26 heavy (non-hydrogen) atoms. The van der Waals surface area contributed by atoms with Crippen LogP contribution in [0.4, 0.5) is 0 Å². The third-order valence-electron chi connectivity index (χ3n) is 3.97. The van der Waals surface area contributed by atoms with E-state index in [1.54, 1.807) is 17.8 Å². The molecule has 0 atom stereocenters. The van der Waals surface area contributed by atoms with Crippen molar-refractivity contribution in [2.75, 3.05) is 20.6 Å². The standard InChI is InChI=1S/C15H21N5O2S.3ClH/c1-18(2)8-12-6-16-7-13-9-20(5-4-14(12)13)23(21,22)15-10-19(3)11-17-15;;;/h6-7,10-11H,4-5,8-9H2,1-3H3;3*1H. The molecule has 0 bridgehead atoms. The summed E-state index contributed by atoms with van der Waals surface area (Å²) in [6, 6.07) is 0. The van der Waals surface area contributed by atoms with Crippen molar-refractivity contribution in [3.63, 3.8) is 0 Å². The van der Waals surface area contributed by atoms with Crippen LogP contribution in [0.2, 0.25) is 0 Å². The van der Waals surface area contributed by atoms with Gasteiger partial charge in [-0.2, -0.15) is 4.31 Å². The van der Waals surface area contributed by atoms with Crippen molar-refractivity contribution in [3.8, 4) is 0 Å². The molecule has 0 amide bonds. The summed E-state index contributed by atoms with van der Waals surface area (Å²) < 4.78 is 28.5. The smallest absolute Gasteiger partial charge is 0.262 e. The minimum absolute atomic E-state index is 0. The van der Waals surface area contributed by atoms with Crippen LogP contribution >= 0.6 is 37.2 Å². The summed E-state index contributed by atoms with van der Waals surface area (Å²) >= 11 is 0. The Labute approximate surface area is 173 Å². The summed E-state index contributed by atoms with van der Waals surface area (Å²) in [4.78, 5) is 10.4. The van der Waals surface area contributed by atoms with E-state index in [-0.39, 0.29) is 42.2 Å². The number of fused-ring (bicyclic) bond motifs is 1. The Morgan fingerprint density at radius 2 is 1.88 bits per heavy atom. The zero-order valence-electron chi connectivity index (χ0n) is 14.8. The maximum atomic E-state index is 12.7. The molecule has 0 saturated carbocycles. The number of imidazole rings is 1. The second-order valence-corrected chi connectivity index (χ2v) is 8.02. The van der Waals surface area contributed by atoms with E-state index in [0.29, 0.717) is 19.5 Å². The number of halogens is 3. The lowest BCUT2D eigenvalue weighted by Gasteiger charge is -2.29. The molecular formula is C15H24Cl3N5O2S. The zero-order chi connectivity index (χ0) is 16.6. The lowest BCUT2D eigenvalue weighted by molar-refractivity contribution is 0.376. The third-order valence-corrected chi connectivity index (χ3v) is 5.70. The Kier molecular flexibility index (Phi) is 9.53. The van der Waals surface area contributed by atoms with Crippen molar-refractivity contribution < 1.29 is 8.42 Å². The van der Waals surface area contributed by atoms with Gasteiger partial charge in [-0.15, -0.1) is 37.2 Å². The van der Waals surface area contributed by atoms with E-state index in [2.05, 4.69) is 14.9 Å². The molecule has 1 aliphatic heterocycles. The Morgan fingerprint density at radius 1 is 1.19 bits per heavy atom. The van der Waals surface area contributed by atoms with Gasteiger partial charge in [0.25, 0.3) is 10.0 Å². The van der Waals surface area contributed by atoms with Crippen LogP contribution in [-0.2, 0) is 36.6 Å². The maximum Gasteiger partial charge on any atom is 0.262 e. The van der Waals surface area contributed by atoms with Gasteiger partial charge in [0.1, 0.15) is 0 Å². The fourth-order valence-electron chi connectivity index (χ4n) is 2.88. The molecule has 0 aromatic carbocycles. The minimum atomic E-state index is -3.56. The SMILES string of the molecule is CN(C)Cc1cncc2c1CCN(S(=O)(=O)c1cn(C)cn1)C2.Cl.Cl.Cl. The van der Waals surface area contributed by atoms with E-state index in [1.165, 1.54) is 28.0 Å². The molecule has 0 unspecified atom stereocenters.